The van der Waals surface area contributed by atoms with Crippen LogP contribution >= 0.6 is 0 Å². The lowest BCUT2D eigenvalue weighted by Gasteiger charge is -2.33. The van der Waals surface area contributed by atoms with E-state index in [1.807, 2.05) is 0 Å². The number of fused-ring (bicyclic) bond motifs is 15. The van der Waals surface area contributed by atoms with Crippen LogP contribution in [0.3, 0.4) is 0 Å². The van der Waals surface area contributed by atoms with Gasteiger partial charge in [0.2, 0.25) is 0 Å². The minimum atomic E-state index is -2.65. The molecular formula is C56H39N. The Hall–Kier alpha value is -6.96. The Bertz CT molecular complexity index is 4570. The predicted molar refractivity (Wildman–Crippen MR) is 238 cm³/mol. The van der Waals surface area contributed by atoms with Crippen LogP contribution in [0.5, 0.6) is 0 Å². The van der Waals surface area contributed by atoms with Gasteiger partial charge in [-0.25, -0.2) is 0 Å². The van der Waals surface area contributed by atoms with Gasteiger partial charge in [0.15, 0.2) is 0 Å². The molecule has 1 nitrogen and oxygen atoms in total. The first-order valence-electron chi connectivity index (χ1n) is 30.5. The Morgan fingerprint density at radius 3 is 2.11 bits per heavy atom. The maximum absolute atomic E-state index is 10.9. The summed E-state index contributed by atoms with van der Waals surface area (Å²) in [6, 6.07) is -6.70. The first-order chi connectivity index (χ1) is 38.4. The number of hydrogen-bond donors (Lipinski definition) is 0. The SMILES string of the molecule is [2H]c1cc([2H])c2c(c1)C(C)(C)c1cc(N(c3cc([2H])c([2H])c([2H])c3-c3cc([2H])c([2H])c([2H])c3[2H])c3c([2H])c([2H])c4c(c3[2H])C3(c5c([2H])cc([2H])c([2H])c5-c5c([2H])c([2H])c6c([2H])c([2H])c([2H])cc6c53)c3c([2H])c([2H])c([2H])c([2H])c3-4)cc([2H])c1-2. The van der Waals surface area contributed by atoms with E-state index in [0.29, 0.717) is 16.7 Å². The number of benzene rings is 9. The highest BCUT2D eigenvalue weighted by Gasteiger charge is 2.52. The van der Waals surface area contributed by atoms with Gasteiger partial charge < -0.3 is 4.90 Å². The molecule has 0 fully saturated rings. The van der Waals surface area contributed by atoms with Gasteiger partial charge >= 0.3 is 0 Å². The Morgan fingerprint density at radius 2 is 1.14 bits per heavy atom. The molecule has 0 amide bonds. The Labute approximate surface area is 369 Å². The first kappa shape index (κ1) is 16.3. The number of rotatable bonds is 4. The maximum atomic E-state index is 10.9. The fourth-order valence-corrected chi connectivity index (χ4v) is 8.96. The summed E-state index contributed by atoms with van der Waals surface area (Å²) < 4.78 is 233. The fourth-order valence-electron chi connectivity index (χ4n) is 8.96. The molecule has 1 unspecified atom stereocenters. The van der Waals surface area contributed by atoms with Crippen LogP contribution in [0.1, 0.15) is 81.5 Å². The average Bonchev–Trinajstić information content (AvgIpc) is 1.50. The van der Waals surface area contributed by atoms with Crippen LogP contribution < -0.4 is 4.90 Å². The van der Waals surface area contributed by atoms with Gasteiger partial charge in [0.25, 0.3) is 0 Å². The second kappa shape index (κ2) is 11.8. The van der Waals surface area contributed by atoms with Crippen LogP contribution in [-0.2, 0) is 10.8 Å². The van der Waals surface area contributed by atoms with Crippen molar-refractivity contribution >= 4 is 27.8 Å². The monoisotopic (exact) mass is 750 g/mol. The highest BCUT2D eigenvalue weighted by Crippen LogP contribution is 2.65. The highest BCUT2D eigenvalue weighted by molar-refractivity contribution is 6.04. The summed E-state index contributed by atoms with van der Waals surface area (Å²) in [4.78, 5) is 1.09. The number of para-hydroxylation sites is 1. The minimum absolute atomic E-state index is 0.00308. The van der Waals surface area contributed by atoms with Gasteiger partial charge in [-0.3, -0.25) is 0 Å². The van der Waals surface area contributed by atoms with Crippen molar-refractivity contribution in [2.75, 3.05) is 4.90 Å². The molecule has 268 valence electrons. The van der Waals surface area contributed by atoms with Crippen LogP contribution in [0.15, 0.2) is 200 Å². The van der Waals surface area contributed by atoms with E-state index < -0.39 is 194 Å². The quantitative estimate of drug-likeness (QED) is 0.173. The molecule has 0 heterocycles. The summed E-state index contributed by atoms with van der Waals surface area (Å²) in [5.41, 5.74) is -7.86. The molecule has 1 atom stereocenters. The van der Waals surface area contributed by atoms with Crippen molar-refractivity contribution in [1.29, 1.82) is 0 Å². The van der Waals surface area contributed by atoms with Gasteiger partial charge in [0, 0.05) is 22.4 Å². The van der Waals surface area contributed by atoms with Crippen LogP contribution in [0, 0.1) is 0 Å². The third kappa shape index (κ3) is 4.29. The molecule has 1 heteroatoms. The molecule has 0 bridgehead atoms. The van der Waals surface area contributed by atoms with E-state index in [1.165, 1.54) is 18.2 Å². The summed E-state index contributed by atoms with van der Waals surface area (Å²) in [5, 5.41) is -0.674. The van der Waals surface area contributed by atoms with E-state index in [0.717, 1.165) is 29.2 Å². The topological polar surface area (TPSA) is 3.24 Å². The van der Waals surface area contributed by atoms with E-state index in [-0.39, 0.29) is 57.0 Å². The van der Waals surface area contributed by atoms with Crippen molar-refractivity contribution in [3.05, 3.63) is 233 Å². The van der Waals surface area contributed by atoms with Gasteiger partial charge in [0.05, 0.1) is 45.4 Å². The van der Waals surface area contributed by atoms with Gasteiger partial charge in [-0.2, -0.15) is 0 Å². The normalized spacial score (nSPS) is 22.2. The summed E-state index contributed by atoms with van der Waals surface area (Å²) in [6.07, 6.45) is 0. The molecule has 0 aliphatic heterocycles. The second-order valence-corrected chi connectivity index (χ2v) is 14.5. The molecule has 9 aromatic rings. The third-order valence-corrected chi connectivity index (χ3v) is 11.4. The Morgan fingerprint density at radius 1 is 0.439 bits per heavy atom. The molecule has 0 saturated carbocycles. The third-order valence-electron chi connectivity index (χ3n) is 11.4. The molecule has 0 saturated heterocycles. The molecule has 1 spiro atoms. The molecule has 0 N–H and O–H groups in total. The summed E-state index contributed by atoms with van der Waals surface area (Å²) >= 11 is 0. The minimum Gasteiger partial charge on any atom is -0.310 e. The zero-order chi connectivity index (χ0) is 59.6. The summed E-state index contributed by atoms with van der Waals surface area (Å²) in [5.74, 6) is 0. The molecule has 0 radical (unpaired) electrons. The van der Waals surface area contributed by atoms with Crippen LogP contribution in [-0.4, -0.2) is 0 Å². The molecule has 3 aliphatic rings. The molecular weight excluding hydrogens is 687 g/mol. The lowest BCUT2D eigenvalue weighted by molar-refractivity contribution is 0.660. The van der Waals surface area contributed by atoms with Crippen molar-refractivity contribution in [1.82, 2.24) is 0 Å². The molecule has 3 aliphatic carbocycles. The fraction of sp³-hybridized carbons (Fsp3) is 0.0714. The lowest BCUT2D eigenvalue weighted by atomic mass is 9.69. The highest BCUT2D eigenvalue weighted by atomic mass is 15.1. The molecule has 9 aromatic carbocycles. The molecule has 12 rings (SSSR count). The van der Waals surface area contributed by atoms with Crippen molar-refractivity contribution in [2.24, 2.45) is 0 Å². The standard InChI is InChI=1S/C56H39N/c1-55(2)48-24-12-8-21-42(48)45-32-29-38(34-51(45)55)57(53-27-15-11-19-40(53)36-16-4-3-5-17-36)39-30-33-46-43-22-9-13-25-49(43)56(52(46)35-39)50-26-14-10-23-44(50)47-31-28-37-18-6-7-20-41(37)54(47)56/h3-35H,1-2H3/i3D,4D,5D,6D,7D,9D,10D,11D,12D,13D,15D,16D,18D,19D,21D,22D,23D,25D,26D,28D,30D,31D,32D,33D,35D. The second-order valence-electron chi connectivity index (χ2n) is 14.5. The average molecular weight is 751 g/mol. The van der Waals surface area contributed by atoms with E-state index in [9.17, 15) is 20.6 Å². The maximum Gasteiger partial charge on any atom is 0.0732 e. The number of nitrogens with zero attached hydrogens (tertiary/aromatic N) is 1. The van der Waals surface area contributed by atoms with Crippen molar-refractivity contribution < 1.29 is 34.3 Å². The van der Waals surface area contributed by atoms with E-state index >= 15 is 0 Å². The predicted octanol–water partition coefficient (Wildman–Crippen LogP) is 14.6. The Kier molecular flexibility index (Phi) is 3.36. The van der Waals surface area contributed by atoms with Gasteiger partial charge in [-0.1, -0.05) is 183 Å². The summed E-state index contributed by atoms with van der Waals surface area (Å²) in [7, 11) is 0. The van der Waals surface area contributed by atoms with Gasteiger partial charge in [-0.05, 0) is 113 Å². The van der Waals surface area contributed by atoms with Crippen molar-refractivity contribution in [3.63, 3.8) is 0 Å². The first-order valence-corrected chi connectivity index (χ1v) is 18.0. The lowest BCUT2D eigenvalue weighted by Crippen LogP contribution is -2.26. The Balaban J connectivity index is 1.35. The summed E-state index contributed by atoms with van der Waals surface area (Å²) in [6.45, 7) is 3.54. The van der Waals surface area contributed by atoms with Crippen LogP contribution in [0.2, 0.25) is 0 Å². The van der Waals surface area contributed by atoms with Gasteiger partial charge in [-0.15, -0.1) is 0 Å². The zero-order valence-corrected chi connectivity index (χ0v) is 30.1. The van der Waals surface area contributed by atoms with Crippen molar-refractivity contribution in [2.45, 2.75) is 24.7 Å². The van der Waals surface area contributed by atoms with E-state index in [1.54, 1.807) is 19.9 Å². The van der Waals surface area contributed by atoms with Gasteiger partial charge in [0.1, 0.15) is 0 Å². The largest absolute Gasteiger partial charge is 0.310 e. The molecule has 0 aromatic heterocycles. The van der Waals surface area contributed by atoms with Crippen molar-refractivity contribution in [3.8, 4) is 44.5 Å². The number of anilines is 3. The smallest absolute Gasteiger partial charge is 0.0732 e. The molecule has 57 heavy (non-hydrogen) atoms. The zero-order valence-electron chi connectivity index (χ0n) is 55.1. The number of hydrogen-bond acceptors (Lipinski definition) is 1. The van der Waals surface area contributed by atoms with Crippen LogP contribution in [0.4, 0.5) is 17.1 Å². The van der Waals surface area contributed by atoms with E-state index in [2.05, 4.69) is 0 Å². The van der Waals surface area contributed by atoms with E-state index in [4.69, 9.17) is 13.7 Å². The van der Waals surface area contributed by atoms with Crippen LogP contribution in [0.25, 0.3) is 55.3 Å².